The molecular formula is C25H53N. The van der Waals surface area contributed by atoms with Crippen molar-refractivity contribution < 1.29 is 0 Å². The molecule has 0 aromatic heterocycles. The van der Waals surface area contributed by atoms with Gasteiger partial charge in [0.15, 0.2) is 0 Å². The second-order valence-corrected chi connectivity index (χ2v) is 9.01. The van der Waals surface area contributed by atoms with Crippen LogP contribution in [0.3, 0.4) is 0 Å². The summed E-state index contributed by atoms with van der Waals surface area (Å²) in [4.78, 5) is 0. The van der Waals surface area contributed by atoms with Crippen molar-refractivity contribution in [3.8, 4) is 0 Å². The topological polar surface area (TPSA) is 26.0 Å². The summed E-state index contributed by atoms with van der Waals surface area (Å²) in [6.07, 6.45) is 25.7. The van der Waals surface area contributed by atoms with Gasteiger partial charge in [0.25, 0.3) is 0 Å². The van der Waals surface area contributed by atoms with Crippen LogP contribution >= 0.6 is 0 Å². The smallest absolute Gasteiger partial charge is 0.00387 e. The Kier molecular flexibility index (Phi) is 19.7. The lowest BCUT2D eigenvalue weighted by Crippen LogP contribution is -2.30. The fourth-order valence-corrected chi connectivity index (χ4v) is 4.18. The molecule has 0 spiro atoms. The van der Waals surface area contributed by atoms with E-state index in [1.165, 1.54) is 116 Å². The Bertz CT molecular complexity index is 241. The Hall–Kier alpha value is -0.0400. The average Bonchev–Trinajstić information content (AvgIpc) is 2.63. The molecule has 0 heterocycles. The molecule has 0 aromatic rings. The summed E-state index contributed by atoms with van der Waals surface area (Å²) in [6.45, 7) is 9.20. The van der Waals surface area contributed by atoms with Crippen LogP contribution < -0.4 is 5.73 Å². The first-order valence-electron chi connectivity index (χ1n) is 12.4. The van der Waals surface area contributed by atoms with Crippen LogP contribution in [0.15, 0.2) is 0 Å². The summed E-state index contributed by atoms with van der Waals surface area (Å²) in [5.74, 6) is 1.54. The molecular weight excluding hydrogens is 314 g/mol. The van der Waals surface area contributed by atoms with Crippen molar-refractivity contribution in [1.29, 1.82) is 0 Å². The van der Waals surface area contributed by atoms with E-state index in [9.17, 15) is 0 Å². The van der Waals surface area contributed by atoms with Crippen LogP contribution in [-0.2, 0) is 0 Å². The predicted octanol–water partition coefficient (Wildman–Crippen LogP) is 8.65. The summed E-state index contributed by atoms with van der Waals surface area (Å²) in [5.41, 5.74) is 6.23. The minimum Gasteiger partial charge on any atom is -0.328 e. The highest BCUT2D eigenvalue weighted by Gasteiger charge is 2.19. The highest BCUT2D eigenvalue weighted by atomic mass is 14.6. The van der Waals surface area contributed by atoms with E-state index in [1.807, 2.05) is 0 Å². The van der Waals surface area contributed by atoms with Gasteiger partial charge in [-0.1, -0.05) is 136 Å². The molecule has 0 aliphatic rings. The molecule has 0 rings (SSSR count). The van der Waals surface area contributed by atoms with Crippen LogP contribution in [0.2, 0.25) is 0 Å². The highest BCUT2D eigenvalue weighted by Crippen LogP contribution is 2.27. The number of hydrogen-bond donors (Lipinski definition) is 1. The first-order valence-corrected chi connectivity index (χ1v) is 12.4. The molecule has 26 heavy (non-hydrogen) atoms. The lowest BCUT2D eigenvalue weighted by atomic mass is 9.81. The number of unbranched alkanes of at least 4 members (excludes halogenated alkanes) is 14. The van der Waals surface area contributed by atoms with Gasteiger partial charge in [0, 0.05) is 6.04 Å². The number of rotatable bonds is 20. The molecule has 0 amide bonds. The first kappa shape index (κ1) is 26.0. The van der Waals surface area contributed by atoms with Gasteiger partial charge in [-0.2, -0.15) is 0 Å². The van der Waals surface area contributed by atoms with E-state index in [0.717, 1.165) is 5.92 Å². The van der Waals surface area contributed by atoms with Gasteiger partial charge in [-0.25, -0.2) is 0 Å². The summed E-state index contributed by atoms with van der Waals surface area (Å²) >= 11 is 0. The fourth-order valence-electron chi connectivity index (χ4n) is 4.18. The molecule has 2 atom stereocenters. The zero-order chi connectivity index (χ0) is 19.5. The van der Waals surface area contributed by atoms with Crippen LogP contribution in [0.1, 0.15) is 143 Å². The van der Waals surface area contributed by atoms with E-state index in [-0.39, 0.29) is 0 Å². The zero-order valence-electron chi connectivity index (χ0n) is 19.0. The normalized spacial score (nSPS) is 14.1. The molecule has 158 valence electrons. The van der Waals surface area contributed by atoms with Gasteiger partial charge in [-0.3, -0.25) is 0 Å². The lowest BCUT2D eigenvalue weighted by molar-refractivity contribution is 0.264. The predicted molar refractivity (Wildman–Crippen MR) is 121 cm³/mol. The molecule has 1 nitrogen and oxygen atoms in total. The Labute approximate surface area is 167 Å². The summed E-state index contributed by atoms with van der Waals surface area (Å²) in [5, 5.41) is 0. The SMILES string of the molecule is CCCCCCCCCCC(CCCCCCCCCC)C(C)C(C)N. The zero-order valence-corrected chi connectivity index (χ0v) is 19.0. The van der Waals surface area contributed by atoms with Crippen LogP contribution in [0.4, 0.5) is 0 Å². The Morgan fingerprint density at radius 3 is 1.12 bits per heavy atom. The molecule has 2 N–H and O–H groups in total. The van der Waals surface area contributed by atoms with Gasteiger partial charge < -0.3 is 5.73 Å². The van der Waals surface area contributed by atoms with E-state index in [2.05, 4.69) is 27.7 Å². The molecule has 0 radical (unpaired) electrons. The Morgan fingerprint density at radius 1 is 0.500 bits per heavy atom. The summed E-state index contributed by atoms with van der Waals surface area (Å²) in [6, 6.07) is 0.350. The van der Waals surface area contributed by atoms with Crippen LogP contribution in [0.25, 0.3) is 0 Å². The molecule has 0 aliphatic carbocycles. The van der Waals surface area contributed by atoms with Gasteiger partial charge in [0.2, 0.25) is 0 Å². The number of nitrogens with two attached hydrogens (primary N) is 1. The van der Waals surface area contributed by atoms with Crippen molar-refractivity contribution in [3.05, 3.63) is 0 Å². The maximum absolute atomic E-state index is 6.23. The highest BCUT2D eigenvalue weighted by molar-refractivity contribution is 4.73. The molecule has 2 unspecified atom stereocenters. The third kappa shape index (κ3) is 16.2. The maximum Gasteiger partial charge on any atom is 0.00387 e. The van der Waals surface area contributed by atoms with Crippen molar-refractivity contribution in [2.24, 2.45) is 17.6 Å². The van der Waals surface area contributed by atoms with E-state index in [4.69, 9.17) is 5.73 Å². The van der Waals surface area contributed by atoms with Gasteiger partial charge >= 0.3 is 0 Å². The molecule has 0 fully saturated rings. The standard InChI is InChI=1S/C25H53N/c1-5-7-9-11-13-15-17-19-21-25(23(3)24(4)26)22-20-18-16-14-12-10-8-6-2/h23-25H,5-22,26H2,1-4H3. The molecule has 0 aliphatic heterocycles. The van der Waals surface area contributed by atoms with Crippen LogP contribution in [-0.4, -0.2) is 6.04 Å². The van der Waals surface area contributed by atoms with Crippen molar-refractivity contribution in [2.75, 3.05) is 0 Å². The molecule has 0 saturated carbocycles. The van der Waals surface area contributed by atoms with Crippen LogP contribution in [0, 0.1) is 11.8 Å². The second kappa shape index (κ2) is 19.7. The van der Waals surface area contributed by atoms with E-state index < -0.39 is 0 Å². The largest absolute Gasteiger partial charge is 0.328 e. The lowest BCUT2D eigenvalue weighted by Gasteiger charge is -2.27. The maximum atomic E-state index is 6.23. The molecule has 0 aromatic carbocycles. The van der Waals surface area contributed by atoms with Crippen molar-refractivity contribution in [3.63, 3.8) is 0 Å². The minimum atomic E-state index is 0.350. The Balaban J connectivity index is 3.78. The average molecular weight is 368 g/mol. The number of hydrogen-bond acceptors (Lipinski definition) is 1. The third-order valence-corrected chi connectivity index (χ3v) is 6.43. The van der Waals surface area contributed by atoms with Crippen LogP contribution in [0.5, 0.6) is 0 Å². The Morgan fingerprint density at radius 2 is 0.808 bits per heavy atom. The van der Waals surface area contributed by atoms with Gasteiger partial charge in [-0.05, 0) is 18.8 Å². The summed E-state index contributed by atoms with van der Waals surface area (Å²) < 4.78 is 0. The molecule has 0 bridgehead atoms. The minimum absolute atomic E-state index is 0.350. The van der Waals surface area contributed by atoms with E-state index in [1.54, 1.807) is 0 Å². The monoisotopic (exact) mass is 367 g/mol. The van der Waals surface area contributed by atoms with Crippen molar-refractivity contribution >= 4 is 0 Å². The molecule has 1 heteroatoms. The van der Waals surface area contributed by atoms with Gasteiger partial charge in [-0.15, -0.1) is 0 Å². The van der Waals surface area contributed by atoms with Crippen molar-refractivity contribution in [1.82, 2.24) is 0 Å². The summed E-state index contributed by atoms with van der Waals surface area (Å²) in [7, 11) is 0. The quantitative estimate of drug-likeness (QED) is 0.214. The molecule has 0 saturated heterocycles. The van der Waals surface area contributed by atoms with E-state index in [0.29, 0.717) is 12.0 Å². The van der Waals surface area contributed by atoms with Crippen molar-refractivity contribution in [2.45, 2.75) is 149 Å². The fraction of sp³-hybridized carbons (Fsp3) is 1.00. The van der Waals surface area contributed by atoms with E-state index >= 15 is 0 Å². The second-order valence-electron chi connectivity index (χ2n) is 9.01. The first-order chi connectivity index (χ1) is 12.6. The van der Waals surface area contributed by atoms with Gasteiger partial charge in [0.05, 0.1) is 0 Å². The third-order valence-electron chi connectivity index (χ3n) is 6.43. The van der Waals surface area contributed by atoms with Gasteiger partial charge in [0.1, 0.15) is 0 Å².